The summed E-state index contributed by atoms with van der Waals surface area (Å²) < 4.78 is 37.9. The molecule has 0 radical (unpaired) electrons. The zero-order chi connectivity index (χ0) is 14.1. The number of hydrogen-bond acceptors (Lipinski definition) is 3. The van der Waals surface area contributed by atoms with E-state index in [9.17, 15) is 23.4 Å². The Morgan fingerprint density at radius 2 is 1.84 bits per heavy atom. The molecule has 2 rings (SSSR count). The van der Waals surface area contributed by atoms with E-state index >= 15 is 0 Å². The Morgan fingerprint density at radius 1 is 1.21 bits per heavy atom. The summed E-state index contributed by atoms with van der Waals surface area (Å²) in [7, 11) is 0. The number of likely N-dealkylation sites (tertiary alicyclic amines) is 1. The third-order valence-electron chi connectivity index (χ3n) is 3.53. The molecule has 0 unspecified atom stereocenters. The molecule has 3 nitrogen and oxygen atoms in total. The van der Waals surface area contributed by atoms with Crippen molar-refractivity contribution in [2.24, 2.45) is 0 Å². The lowest BCUT2D eigenvalue weighted by Gasteiger charge is -2.39. The SMILES string of the molecule is Oc1cccc(CN2CCC(O)(C(F)(F)F)CC2)c1. The second-order valence-electron chi connectivity index (χ2n) is 4.98. The van der Waals surface area contributed by atoms with Gasteiger partial charge in [0.1, 0.15) is 5.75 Å². The smallest absolute Gasteiger partial charge is 0.417 e. The van der Waals surface area contributed by atoms with Crippen molar-refractivity contribution in [2.75, 3.05) is 13.1 Å². The molecule has 0 aromatic heterocycles. The number of alkyl halides is 3. The third kappa shape index (κ3) is 3.19. The van der Waals surface area contributed by atoms with E-state index in [0.717, 1.165) is 5.56 Å². The summed E-state index contributed by atoms with van der Waals surface area (Å²) in [6, 6.07) is 6.64. The van der Waals surface area contributed by atoms with E-state index in [1.165, 1.54) is 0 Å². The summed E-state index contributed by atoms with van der Waals surface area (Å²) >= 11 is 0. The average Bonchev–Trinajstić information content (AvgIpc) is 2.31. The van der Waals surface area contributed by atoms with Gasteiger partial charge in [0.2, 0.25) is 0 Å². The molecule has 1 aliphatic heterocycles. The molecule has 2 N–H and O–H groups in total. The van der Waals surface area contributed by atoms with Crippen LogP contribution in [0.25, 0.3) is 0 Å². The predicted octanol–water partition coefficient (Wildman–Crippen LogP) is 2.28. The van der Waals surface area contributed by atoms with Crippen LogP contribution in [0.15, 0.2) is 24.3 Å². The molecular weight excluding hydrogens is 259 g/mol. The van der Waals surface area contributed by atoms with Gasteiger partial charge in [0, 0.05) is 19.6 Å². The van der Waals surface area contributed by atoms with Crippen molar-refractivity contribution in [3.63, 3.8) is 0 Å². The summed E-state index contributed by atoms with van der Waals surface area (Å²) in [6.45, 7) is 0.847. The van der Waals surface area contributed by atoms with Crippen LogP contribution in [-0.4, -0.2) is 40.0 Å². The first-order valence-corrected chi connectivity index (χ1v) is 6.09. The molecule has 0 bridgehead atoms. The molecule has 1 heterocycles. The number of nitrogens with zero attached hydrogens (tertiary/aromatic N) is 1. The van der Waals surface area contributed by atoms with Crippen LogP contribution in [0.2, 0.25) is 0 Å². The van der Waals surface area contributed by atoms with Crippen molar-refractivity contribution in [1.82, 2.24) is 4.90 Å². The highest BCUT2D eigenvalue weighted by Gasteiger charge is 2.54. The van der Waals surface area contributed by atoms with Crippen molar-refractivity contribution in [3.8, 4) is 5.75 Å². The maximum Gasteiger partial charge on any atom is 0.417 e. The van der Waals surface area contributed by atoms with Gasteiger partial charge in [0.05, 0.1) is 0 Å². The molecule has 19 heavy (non-hydrogen) atoms. The van der Waals surface area contributed by atoms with Crippen LogP contribution in [0.5, 0.6) is 5.75 Å². The molecule has 0 aliphatic carbocycles. The minimum Gasteiger partial charge on any atom is -0.508 e. The predicted molar refractivity (Wildman–Crippen MR) is 63.6 cm³/mol. The number of phenols is 1. The highest BCUT2D eigenvalue weighted by molar-refractivity contribution is 5.27. The minimum atomic E-state index is -4.57. The molecule has 1 aliphatic rings. The number of aromatic hydroxyl groups is 1. The summed E-state index contributed by atoms with van der Waals surface area (Å²) in [5.74, 6) is 0.140. The van der Waals surface area contributed by atoms with E-state index in [4.69, 9.17) is 0 Å². The second kappa shape index (κ2) is 5.02. The van der Waals surface area contributed by atoms with Gasteiger partial charge in [-0.1, -0.05) is 12.1 Å². The number of hydrogen-bond donors (Lipinski definition) is 2. The number of phenolic OH excluding ortho intramolecular Hbond substituents is 1. The van der Waals surface area contributed by atoms with Crippen LogP contribution in [-0.2, 0) is 6.54 Å². The number of piperidine rings is 1. The van der Waals surface area contributed by atoms with Gasteiger partial charge in [0.15, 0.2) is 5.60 Å². The fourth-order valence-corrected chi connectivity index (χ4v) is 2.28. The fourth-order valence-electron chi connectivity index (χ4n) is 2.28. The minimum absolute atomic E-state index is 0.140. The van der Waals surface area contributed by atoms with Crippen molar-refractivity contribution in [3.05, 3.63) is 29.8 Å². The molecule has 0 amide bonds. The summed E-state index contributed by atoms with van der Waals surface area (Å²) in [5.41, 5.74) is -1.71. The van der Waals surface area contributed by atoms with Crippen molar-refractivity contribution < 1.29 is 23.4 Å². The van der Waals surface area contributed by atoms with Gasteiger partial charge >= 0.3 is 6.18 Å². The molecule has 1 fully saturated rings. The number of halogens is 3. The van der Waals surface area contributed by atoms with Gasteiger partial charge in [-0.25, -0.2) is 0 Å². The van der Waals surface area contributed by atoms with Gasteiger partial charge < -0.3 is 10.2 Å². The van der Waals surface area contributed by atoms with Crippen LogP contribution in [0, 0.1) is 0 Å². The first kappa shape index (κ1) is 14.1. The van der Waals surface area contributed by atoms with E-state index in [0.29, 0.717) is 6.54 Å². The Morgan fingerprint density at radius 3 is 2.37 bits per heavy atom. The van der Waals surface area contributed by atoms with Gasteiger partial charge in [-0.2, -0.15) is 13.2 Å². The lowest BCUT2D eigenvalue weighted by atomic mass is 9.90. The van der Waals surface area contributed by atoms with E-state index in [-0.39, 0.29) is 31.7 Å². The zero-order valence-corrected chi connectivity index (χ0v) is 10.3. The normalized spacial score (nSPS) is 20.4. The maximum absolute atomic E-state index is 12.6. The Labute approximate surface area is 109 Å². The molecule has 6 heteroatoms. The zero-order valence-electron chi connectivity index (χ0n) is 10.3. The molecule has 106 valence electrons. The molecule has 1 aromatic rings. The lowest BCUT2D eigenvalue weighted by Crippen LogP contribution is -2.53. The topological polar surface area (TPSA) is 43.7 Å². The van der Waals surface area contributed by atoms with Gasteiger partial charge in [-0.05, 0) is 30.5 Å². The summed E-state index contributed by atoms with van der Waals surface area (Å²) in [4.78, 5) is 1.84. The van der Waals surface area contributed by atoms with Crippen molar-refractivity contribution in [1.29, 1.82) is 0 Å². The second-order valence-corrected chi connectivity index (χ2v) is 4.98. The Kier molecular flexibility index (Phi) is 3.73. The Balaban J connectivity index is 1.94. The molecule has 0 atom stereocenters. The molecule has 1 saturated heterocycles. The number of rotatable bonds is 2. The van der Waals surface area contributed by atoms with E-state index in [2.05, 4.69) is 0 Å². The average molecular weight is 275 g/mol. The molecular formula is C13H16F3NO2. The summed E-state index contributed by atoms with van der Waals surface area (Å²) in [5, 5.41) is 18.9. The van der Waals surface area contributed by atoms with E-state index in [1.54, 1.807) is 18.2 Å². The quantitative estimate of drug-likeness (QED) is 0.870. The first-order valence-electron chi connectivity index (χ1n) is 6.09. The standard InChI is InChI=1S/C13H16F3NO2/c14-13(15,16)12(19)4-6-17(7-5-12)9-10-2-1-3-11(18)8-10/h1-3,8,18-19H,4-7,9H2. The lowest BCUT2D eigenvalue weighted by molar-refractivity contribution is -0.272. The largest absolute Gasteiger partial charge is 0.508 e. The van der Waals surface area contributed by atoms with E-state index < -0.39 is 11.8 Å². The van der Waals surface area contributed by atoms with Gasteiger partial charge in [0.25, 0.3) is 0 Å². The molecule has 0 saturated carbocycles. The van der Waals surface area contributed by atoms with Crippen LogP contribution < -0.4 is 0 Å². The maximum atomic E-state index is 12.6. The summed E-state index contributed by atoms with van der Waals surface area (Å²) in [6.07, 6.45) is -5.19. The number of benzene rings is 1. The van der Waals surface area contributed by atoms with Crippen molar-refractivity contribution >= 4 is 0 Å². The highest BCUT2D eigenvalue weighted by Crippen LogP contribution is 2.38. The monoisotopic (exact) mass is 275 g/mol. The molecule has 0 spiro atoms. The number of aliphatic hydroxyl groups is 1. The van der Waals surface area contributed by atoms with Crippen LogP contribution in [0.3, 0.4) is 0 Å². The highest BCUT2D eigenvalue weighted by atomic mass is 19.4. The van der Waals surface area contributed by atoms with Crippen LogP contribution in [0.4, 0.5) is 13.2 Å². The van der Waals surface area contributed by atoms with Gasteiger partial charge in [-0.3, -0.25) is 4.90 Å². The fraction of sp³-hybridized carbons (Fsp3) is 0.538. The molecule has 1 aromatic carbocycles. The third-order valence-corrected chi connectivity index (χ3v) is 3.53. The van der Waals surface area contributed by atoms with E-state index in [1.807, 2.05) is 11.0 Å². The Bertz CT molecular complexity index is 440. The van der Waals surface area contributed by atoms with Crippen molar-refractivity contribution in [2.45, 2.75) is 31.2 Å². The Hall–Kier alpha value is -1.27. The van der Waals surface area contributed by atoms with Crippen LogP contribution in [0.1, 0.15) is 18.4 Å². The van der Waals surface area contributed by atoms with Gasteiger partial charge in [-0.15, -0.1) is 0 Å². The first-order chi connectivity index (χ1) is 8.80. The van der Waals surface area contributed by atoms with Crippen LogP contribution >= 0.6 is 0 Å².